The second kappa shape index (κ2) is 5.92. The van der Waals surface area contributed by atoms with Gasteiger partial charge in [-0.2, -0.15) is 0 Å². The van der Waals surface area contributed by atoms with E-state index < -0.39 is 7.37 Å². The van der Waals surface area contributed by atoms with E-state index in [4.69, 9.17) is 5.73 Å². The predicted molar refractivity (Wildman–Crippen MR) is 83.7 cm³/mol. The molecule has 0 aromatic heterocycles. The first-order valence-corrected chi connectivity index (χ1v) is 8.34. The lowest BCUT2D eigenvalue weighted by Gasteiger charge is -2.22. The highest BCUT2D eigenvalue weighted by Crippen LogP contribution is 2.40. The monoisotopic (exact) mass is 289 g/mol. The van der Waals surface area contributed by atoms with Gasteiger partial charge in [0.25, 0.3) is 7.37 Å². The Morgan fingerprint density at radius 1 is 1.00 bits per heavy atom. The second-order valence-electron chi connectivity index (χ2n) is 5.24. The van der Waals surface area contributed by atoms with E-state index in [1.807, 2.05) is 32.0 Å². The summed E-state index contributed by atoms with van der Waals surface area (Å²) in [6.45, 7) is 4.01. The van der Waals surface area contributed by atoms with Gasteiger partial charge in [-0.25, -0.2) is 0 Å². The Bertz CT molecular complexity index is 625. The fourth-order valence-corrected chi connectivity index (χ4v) is 3.89. The third kappa shape index (κ3) is 2.85. The molecular formula is C16H20NO2P. The molecule has 0 saturated heterocycles. The van der Waals surface area contributed by atoms with Gasteiger partial charge in [0, 0.05) is 16.7 Å². The fraction of sp³-hybridized carbons (Fsp3) is 0.250. The third-order valence-corrected chi connectivity index (χ3v) is 5.51. The SMILES string of the molecule is CC(C)C(N)c1ccccc1P(=O)(O)c1ccccc1. The predicted octanol–water partition coefficient (Wildman–Crippen LogP) is 2.56. The lowest BCUT2D eigenvalue weighted by Crippen LogP contribution is -2.26. The van der Waals surface area contributed by atoms with E-state index >= 15 is 0 Å². The summed E-state index contributed by atoms with van der Waals surface area (Å²) >= 11 is 0. The summed E-state index contributed by atoms with van der Waals surface area (Å²) < 4.78 is 12.9. The van der Waals surface area contributed by atoms with Crippen molar-refractivity contribution in [2.24, 2.45) is 11.7 Å². The first-order chi connectivity index (χ1) is 9.44. The van der Waals surface area contributed by atoms with Gasteiger partial charge in [-0.15, -0.1) is 0 Å². The normalized spacial score (nSPS) is 15.8. The first kappa shape index (κ1) is 15.0. The molecule has 3 N–H and O–H groups in total. The molecule has 0 bridgehead atoms. The van der Waals surface area contributed by atoms with Crippen molar-refractivity contribution >= 4 is 18.0 Å². The van der Waals surface area contributed by atoms with E-state index in [0.29, 0.717) is 10.6 Å². The van der Waals surface area contributed by atoms with Gasteiger partial charge in [0.2, 0.25) is 0 Å². The Labute approximate surface area is 119 Å². The van der Waals surface area contributed by atoms with E-state index in [-0.39, 0.29) is 12.0 Å². The molecule has 2 aromatic carbocycles. The molecule has 4 heteroatoms. The lowest BCUT2D eigenvalue weighted by atomic mass is 9.97. The minimum atomic E-state index is -3.61. The summed E-state index contributed by atoms with van der Waals surface area (Å²) in [6, 6.07) is 15.6. The van der Waals surface area contributed by atoms with E-state index in [1.165, 1.54) is 0 Å². The summed E-state index contributed by atoms with van der Waals surface area (Å²) in [4.78, 5) is 10.6. The third-order valence-electron chi connectivity index (χ3n) is 3.45. The molecule has 106 valence electrons. The number of hydrogen-bond donors (Lipinski definition) is 2. The van der Waals surface area contributed by atoms with Gasteiger partial charge in [0.1, 0.15) is 0 Å². The van der Waals surface area contributed by atoms with Gasteiger partial charge in [-0.05, 0) is 29.7 Å². The highest BCUT2D eigenvalue weighted by molar-refractivity contribution is 7.73. The molecule has 0 aliphatic rings. The maximum absolute atomic E-state index is 12.9. The van der Waals surface area contributed by atoms with Crippen molar-refractivity contribution in [2.75, 3.05) is 0 Å². The topological polar surface area (TPSA) is 63.3 Å². The minimum Gasteiger partial charge on any atom is -0.338 e. The van der Waals surface area contributed by atoms with Crippen LogP contribution in [0.2, 0.25) is 0 Å². The van der Waals surface area contributed by atoms with Crippen molar-refractivity contribution in [3.8, 4) is 0 Å². The summed E-state index contributed by atoms with van der Waals surface area (Å²) in [7, 11) is -3.61. The Kier molecular flexibility index (Phi) is 4.44. The Morgan fingerprint density at radius 2 is 1.55 bits per heavy atom. The first-order valence-electron chi connectivity index (χ1n) is 6.68. The Morgan fingerprint density at radius 3 is 2.15 bits per heavy atom. The lowest BCUT2D eigenvalue weighted by molar-refractivity contribution is 0.495. The Balaban J connectivity index is 2.56. The average molecular weight is 289 g/mol. The van der Waals surface area contributed by atoms with Gasteiger partial charge >= 0.3 is 0 Å². The smallest absolute Gasteiger partial charge is 0.259 e. The maximum Gasteiger partial charge on any atom is 0.259 e. The molecule has 2 rings (SSSR count). The van der Waals surface area contributed by atoms with Crippen molar-refractivity contribution in [3.63, 3.8) is 0 Å². The molecule has 20 heavy (non-hydrogen) atoms. The Hall–Kier alpha value is -1.41. The van der Waals surface area contributed by atoms with Gasteiger partial charge < -0.3 is 10.6 Å². The summed E-state index contributed by atoms with van der Waals surface area (Å²) in [5, 5.41) is 0.871. The molecule has 0 aliphatic heterocycles. The molecule has 0 heterocycles. The van der Waals surface area contributed by atoms with Crippen molar-refractivity contribution < 1.29 is 9.46 Å². The number of benzene rings is 2. The quantitative estimate of drug-likeness (QED) is 0.850. The summed E-state index contributed by atoms with van der Waals surface area (Å²) in [6.07, 6.45) is 0. The van der Waals surface area contributed by atoms with Crippen LogP contribution in [-0.2, 0) is 4.57 Å². The zero-order valence-corrected chi connectivity index (χ0v) is 12.6. The van der Waals surface area contributed by atoms with Crippen molar-refractivity contribution in [2.45, 2.75) is 19.9 Å². The van der Waals surface area contributed by atoms with E-state index in [9.17, 15) is 9.46 Å². The van der Waals surface area contributed by atoms with Crippen LogP contribution in [0.5, 0.6) is 0 Å². The molecule has 0 saturated carbocycles. The van der Waals surface area contributed by atoms with E-state index in [1.54, 1.807) is 36.4 Å². The van der Waals surface area contributed by atoms with Gasteiger partial charge in [-0.1, -0.05) is 50.2 Å². The molecule has 0 spiro atoms. The van der Waals surface area contributed by atoms with Crippen LogP contribution in [0.3, 0.4) is 0 Å². The molecule has 0 fully saturated rings. The van der Waals surface area contributed by atoms with Gasteiger partial charge in [0.05, 0.1) is 0 Å². The molecule has 0 amide bonds. The molecular weight excluding hydrogens is 269 g/mol. The zero-order chi connectivity index (χ0) is 14.8. The number of nitrogens with two attached hydrogens (primary N) is 1. The standard InChI is InChI=1S/C16H20NO2P/c1-12(2)16(17)14-10-6-7-11-15(14)20(18,19)13-8-4-3-5-9-13/h3-12,16H,17H2,1-2H3,(H,18,19). The highest BCUT2D eigenvalue weighted by atomic mass is 31.2. The van der Waals surface area contributed by atoms with E-state index in [0.717, 1.165) is 5.56 Å². The molecule has 2 atom stereocenters. The molecule has 0 radical (unpaired) electrons. The molecule has 2 aromatic rings. The summed E-state index contributed by atoms with van der Waals surface area (Å²) in [5.74, 6) is 0.201. The minimum absolute atomic E-state index is 0.201. The zero-order valence-electron chi connectivity index (χ0n) is 11.7. The summed E-state index contributed by atoms with van der Waals surface area (Å²) in [5.41, 5.74) is 6.93. The van der Waals surface area contributed by atoms with Gasteiger partial charge in [0.15, 0.2) is 0 Å². The second-order valence-corrected chi connectivity index (χ2v) is 7.39. The van der Waals surface area contributed by atoms with Crippen molar-refractivity contribution in [1.82, 2.24) is 0 Å². The van der Waals surface area contributed by atoms with Crippen LogP contribution in [0.1, 0.15) is 25.5 Å². The maximum atomic E-state index is 12.9. The van der Waals surface area contributed by atoms with Crippen LogP contribution in [0.4, 0.5) is 0 Å². The molecule has 2 unspecified atom stereocenters. The van der Waals surface area contributed by atoms with Crippen LogP contribution in [-0.4, -0.2) is 4.89 Å². The molecule has 0 aliphatic carbocycles. The van der Waals surface area contributed by atoms with Crippen molar-refractivity contribution in [1.29, 1.82) is 0 Å². The van der Waals surface area contributed by atoms with E-state index in [2.05, 4.69) is 0 Å². The number of hydrogen-bond acceptors (Lipinski definition) is 2. The van der Waals surface area contributed by atoms with Crippen LogP contribution in [0, 0.1) is 5.92 Å². The highest BCUT2D eigenvalue weighted by Gasteiger charge is 2.29. The van der Waals surface area contributed by atoms with Crippen LogP contribution in [0.15, 0.2) is 54.6 Å². The van der Waals surface area contributed by atoms with Gasteiger partial charge in [-0.3, -0.25) is 4.57 Å². The largest absolute Gasteiger partial charge is 0.338 e. The van der Waals surface area contributed by atoms with Crippen molar-refractivity contribution in [3.05, 3.63) is 60.2 Å². The average Bonchev–Trinajstić information content (AvgIpc) is 2.47. The van der Waals surface area contributed by atoms with Crippen LogP contribution in [0.25, 0.3) is 0 Å². The van der Waals surface area contributed by atoms with Crippen LogP contribution < -0.4 is 16.3 Å². The molecule has 3 nitrogen and oxygen atoms in total. The fourth-order valence-electron chi connectivity index (χ4n) is 2.17. The number of rotatable bonds is 4. The van der Waals surface area contributed by atoms with Crippen LogP contribution >= 0.6 is 7.37 Å².